The highest BCUT2D eigenvalue weighted by atomic mass is 28.3. The third-order valence-corrected chi connectivity index (χ3v) is 13.5. The Balaban J connectivity index is 1.55. The maximum absolute atomic E-state index is 12.3. The summed E-state index contributed by atoms with van der Waals surface area (Å²) in [5.41, 5.74) is -1.85. The van der Waals surface area contributed by atoms with Gasteiger partial charge < -0.3 is 24.8 Å². The summed E-state index contributed by atoms with van der Waals surface area (Å²) < 4.78 is 12.8. The van der Waals surface area contributed by atoms with E-state index in [-0.39, 0.29) is 23.8 Å². The molecule has 1 aliphatic rings. The first-order chi connectivity index (χ1) is 18.0. The fraction of sp³-hybridized carbons (Fsp3) is 0.429. The molecule has 3 unspecified atom stereocenters. The summed E-state index contributed by atoms with van der Waals surface area (Å²) in [4.78, 5) is 26.2. The standard InChI is InChI=1S/C28H36N2O7Si/c1-18-15-30(27(35)29-25(18)34)26-24(33)23(32)21(37-26)16-36-17-22(31)38(28(2,3)4,19-11-7-5-8-12-19)20-13-9-6-10-14-20/h5-15,21-24,26,31-33H,16-17H2,1-4H3,(H,29,34,35)/t21-,22?,23?,24?,26-/m0/s1. The summed E-state index contributed by atoms with van der Waals surface area (Å²) in [5, 5.41) is 34.9. The Morgan fingerprint density at radius 2 is 1.55 bits per heavy atom. The number of nitrogens with zero attached hydrogens (tertiary/aromatic N) is 1. The van der Waals surface area contributed by atoms with Crippen LogP contribution in [-0.4, -0.2) is 70.2 Å². The van der Waals surface area contributed by atoms with Gasteiger partial charge in [-0.2, -0.15) is 0 Å². The third kappa shape index (κ3) is 5.07. The number of hydrogen-bond acceptors (Lipinski definition) is 7. The van der Waals surface area contributed by atoms with Crippen LogP contribution in [0, 0.1) is 6.92 Å². The van der Waals surface area contributed by atoms with E-state index in [4.69, 9.17) is 9.47 Å². The first kappa shape index (κ1) is 28.2. The quantitative estimate of drug-likeness (QED) is 0.305. The smallest absolute Gasteiger partial charge is 0.330 e. The maximum atomic E-state index is 12.3. The van der Waals surface area contributed by atoms with Gasteiger partial charge in [0.2, 0.25) is 0 Å². The van der Waals surface area contributed by atoms with Crippen LogP contribution in [0.3, 0.4) is 0 Å². The molecule has 0 saturated carbocycles. The molecule has 38 heavy (non-hydrogen) atoms. The highest BCUT2D eigenvalue weighted by molar-refractivity contribution is 7.05. The van der Waals surface area contributed by atoms with Crippen LogP contribution in [0.15, 0.2) is 76.4 Å². The van der Waals surface area contributed by atoms with Gasteiger partial charge in [-0.05, 0) is 12.0 Å². The monoisotopic (exact) mass is 540 g/mol. The van der Waals surface area contributed by atoms with Crippen molar-refractivity contribution in [3.05, 3.63) is 93.3 Å². The van der Waals surface area contributed by atoms with E-state index in [2.05, 4.69) is 50.0 Å². The van der Waals surface area contributed by atoms with E-state index in [1.54, 1.807) is 0 Å². The molecule has 1 saturated heterocycles. The van der Waals surface area contributed by atoms with Gasteiger partial charge in [-0.3, -0.25) is 14.3 Å². The number of rotatable bonds is 8. The Kier molecular flexibility index (Phi) is 8.22. The molecule has 0 spiro atoms. The van der Waals surface area contributed by atoms with Crippen LogP contribution in [0.4, 0.5) is 0 Å². The van der Waals surface area contributed by atoms with E-state index >= 15 is 0 Å². The Morgan fingerprint density at radius 1 is 1.00 bits per heavy atom. The molecule has 2 heterocycles. The zero-order valence-corrected chi connectivity index (χ0v) is 23.1. The molecule has 0 radical (unpaired) electrons. The van der Waals surface area contributed by atoms with Gasteiger partial charge in [-0.15, -0.1) is 0 Å². The summed E-state index contributed by atoms with van der Waals surface area (Å²) in [6.07, 6.45) is -3.58. The zero-order chi connectivity index (χ0) is 27.7. The fourth-order valence-electron chi connectivity index (χ4n) is 5.61. The molecule has 5 atom stereocenters. The van der Waals surface area contributed by atoms with E-state index in [9.17, 15) is 24.9 Å². The lowest BCUT2D eigenvalue weighted by molar-refractivity contribution is -0.0738. The van der Waals surface area contributed by atoms with Crippen LogP contribution >= 0.6 is 0 Å². The molecule has 0 amide bonds. The van der Waals surface area contributed by atoms with Gasteiger partial charge in [0.05, 0.1) is 18.9 Å². The minimum atomic E-state index is -2.85. The van der Waals surface area contributed by atoms with E-state index < -0.39 is 49.6 Å². The van der Waals surface area contributed by atoms with Crippen molar-refractivity contribution in [1.82, 2.24) is 9.55 Å². The molecule has 10 heteroatoms. The highest BCUT2D eigenvalue weighted by Crippen LogP contribution is 2.38. The summed E-state index contributed by atoms with van der Waals surface area (Å²) >= 11 is 0. The second-order valence-corrected chi connectivity index (χ2v) is 15.8. The SMILES string of the molecule is Cc1cn([C@H]2O[C@@H](COCC(O)[Si](c3ccccc3)(c3ccccc3)C(C)(C)C)C(O)C2O)c(=O)[nH]c1=O. The van der Waals surface area contributed by atoms with Crippen molar-refractivity contribution >= 4 is 18.4 Å². The first-order valence-electron chi connectivity index (χ1n) is 12.7. The number of aromatic nitrogens is 2. The number of nitrogens with one attached hydrogen (secondary N) is 1. The summed E-state index contributed by atoms with van der Waals surface area (Å²) in [6.45, 7) is 7.81. The lowest BCUT2D eigenvalue weighted by Gasteiger charge is -2.47. The lowest BCUT2D eigenvalue weighted by atomic mass is 10.1. The third-order valence-electron chi connectivity index (χ3n) is 7.46. The van der Waals surface area contributed by atoms with Gasteiger partial charge in [0.1, 0.15) is 18.3 Å². The zero-order valence-electron chi connectivity index (χ0n) is 22.1. The summed E-state index contributed by atoms with van der Waals surface area (Å²) in [5.74, 6) is 0. The predicted molar refractivity (Wildman–Crippen MR) is 146 cm³/mol. The van der Waals surface area contributed by atoms with Crippen molar-refractivity contribution in [1.29, 1.82) is 0 Å². The predicted octanol–water partition coefficient (Wildman–Crippen LogP) is 0.444. The molecule has 4 N–H and O–H groups in total. The number of aryl methyl sites for hydroxylation is 1. The summed E-state index contributed by atoms with van der Waals surface area (Å²) in [6, 6.07) is 20.0. The van der Waals surface area contributed by atoms with Gasteiger partial charge in [-0.1, -0.05) is 91.8 Å². The van der Waals surface area contributed by atoms with Crippen molar-refractivity contribution in [3.8, 4) is 0 Å². The average molecular weight is 541 g/mol. The first-order valence-corrected chi connectivity index (χ1v) is 14.8. The number of H-pyrrole nitrogens is 1. The van der Waals surface area contributed by atoms with Crippen molar-refractivity contribution in [2.75, 3.05) is 13.2 Å². The molecular formula is C28H36N2O7Si. The fourth-order valence-corrected chi connectivity index (χ4v) is 11.3. The van der Waals surface area contributed by atoms with Crippen LogP contribution in [0.1, 0.15) is 32.6 Å². The second-order valence-electron chi connectivity index (χ2n) is 10.9. The molecule has 9 nitrogen and oxygen atoms in total. The van der Waals surface area contributed by atoms with Crippen LogP contribution in [0.5, 0.6) is 0 Å². The number of aliphatic hydroxyl groups excluding tert-OH is 3. The normalized spacial score (nSPS) is 22.9. The van der Waals surface area contributed by atoms with Gasteiger partial charge in [0, 0.05) is 11.8 Å². The molecule has 1 fully saturated rings. The molecule has 1 aliphatic heterocycles. The van der Waals surface area contributed by atoms with Crippen LogP contribution in [0.25, 0.3) is 0 Å². The van der Waals surface area contributed by atoms with Crippen molar-refractivity contribution < 1.29 is 24.8 Å². The molecular weight excluding hydrogens is 504 g/mol. The Hall–Kier alpha value is -2.86. The number of aromatic amines is 1. The van der Waals surface area contributed by atoms with Crippen molar-refractivity contribution in [2.24, 2.45) is 0 Å². The van der Waals surface area contributed by atoms with Crippen molar-refractivity contribution in [3.63, 3.8) is 0 Å². The summed E-state index contributed by atoms with van der Waals surface area (Å²) in [7, 11) is -2.85. The highest BCUT2D eigenvalue weighted by Gasteiger charge is 2.53. The molecule has 2 aromatic carbocycles. The molecule has 204 valence electrons. The van der Waals surface area contributed by atoms with E-state index in [1.807, 2.05) is 36.4 Å². The maximum Gasteiger partial charge on any atom is 0.330 e. The second kappa shape index (κ2) is 11.1. The van der Waals surface area contributed by atoms with E-state index in [0.29, 0.717) is 0 Å². The number of benzene rings is 2. The lowest BCUT2D eigenvalue weighted by Crippen LogP contribution is -2.72. The Bertz CT molecular complexity index is 1300. The topological polar surface area (TPSA) is 134 Å². The molecule has 1 aromatic heterocycles. The number of hydrogen-bond donors (Lipinski definition) is 4. The van der Waals surface area contributed by atoms with Crippen LogP contribution in [-0.2, 0) is 9.47 Å². The molecule has 4 rings (SSSR count). The molecule has 0 aliphatic carbocycles. The molecule has 3 aromatic rings. The largest absolute Gasteiger partial charge is 0.393 e. The Morgan fingerprint density at radius 3 is 2.08 bits per heavy atom. The Labute approximate surface area is 222 Å². The van der Waals surface area contributed by atoms with Gasteiger partial charge in [0.15, 0.2) is 14.3 Å². The molecule has 0 bridgehead atoms. The van der Waals surface area contributed by atoms with Gasteiger partial charge in [0.25, 0.3) is 5.56 Å². The van der Waals surface area contributed by atoms with Gasteiger partial charge in [-0.25, -0.2) is 4.79 Å². The minimum Gasteiger partial charge on any atom is -0.393 e. The van der Waals surface area contributed by atoms with E-state index in [0.717, 1.165) is 14.9 Å². The van der Waals surface area contributed by atoms with Crippen molar-refractivity contribution in [2.45, 2.75) is 63.0 Å². The van der Waals surface area contributed by atoms with Gasteiger partial charge >= 0.3 is 5.69 Å². The average Bonchev–Trinajstić information content (AvgIpc) is 3.15. The van der Waals surface area contributed by atoms with Crippen LogP contribution < -0.4 is 21.6 Å². The minimum absolute atomic E-state index is 0.0155. The number of ether oxygens (including phenoxy) is 2. The van der Waals surface area contributed by atoms with Crippen LogP contribution in [0.2, 0.25) is 5.04 Å². The number of aliphatic hydroxyl groups is 3. The van der Waals surface area contributed by atoms with E-state index in [1.165, 1.54) is 13.1 Å².